The van der Waals surface area contributed by atoms with Crippen LogP contribution in [0.1, 0.15) is 30.1 Å². The van der Waals surface area contributed by atoms with Crippen molar-refractivity contribution in [2.75, 3.05) is 62.8 Å². The van der Waals surface area contributed by atoms with Gasteiger partial charge in [0.15, 0.2) is 0 Å². The Bertz CT molecular complexity index is 1050. The fourth-order valence-electron chi connectivity index (χ4n) is 4.63. The zero-order valence-corrected chi connectivity index (χ0v) is 20.9. The van der Waals surface area contributed by atoms with Crippen LogP contribution in [0.3, 0.4) is 0 Å². The number of esters is 1. The van der Waals surface area contributed by atoms with Crippen LogP contribution in [-0.4, -0.2) is 81.7 Å². The number of hydrogen-bond donors (Lipinski definition) is 1. The summed E-state index contributed by atoms with van der Waals surface area (Å²) < 4.78 is 10.2. The second kappa shape index (κ2) is 12.0. The van der Waals surface area contributed by atoms with Crippen LogP contribution in [0.4, 0.5) is 11.4 Å². The molecule has 2 amide bonds. The first-order valence-corrected chi connectivity index (χ1v) is 12.5. The predicted molar refractivity (Wildman–Crippen MR) is 138 cm³/mol. The Morgan fingerprint density at radius 3 is 2.28 bits per heavy atom. The number of hydrogen-bond acceptors (Lipinski definition) is 8. The molecule has 2 aliphatic rings. The van der Waals surface area contributed by atoms with Crippen molar-refractivity contribution in [2.24, 2.45) is 0 Å². The minimum Gasteiger partial charge on any atom is -0.497 e. The molecule has 2 aromatic carbocycles. The second-order valence-corrected chi connectivity index (χ2v) is 8.93. The number of nitrogens with zero attached hydrogens (tertiary/aromatic N) is 3. The molecule has 0 saturated carbocycles. The average Bonchev–Trinajstić information content (AvgIpc) is 3.19. The van der Waals surface area contributed by atoms with Crippen molar-refractivity contribution < 1.29 is 23.9 Å². The molecule has 0 aliphatic carbocycles. The summed E-state index contributed by atoms with van der Waals surface area (Å²) in [6, 6.07) is 14.0. The normalized spacial score (nSPS) is 18.6. The van der Waals surface area contributed by atoms with Gasteiger partial charge in [-0.05, 0) is 75.0 Å². The molecule has 2 heterocycles. The van der Waals surface area contributed by atoms with E-state index in [9.17, 15) is 14.4 Å². The van der Waals surface area contributed by atoms with Crippen molar-refractivity contribution >= 4 is 29.2 Å². The number of rotatable bonds is 10. The van der Waals surface area contributed by atoms with Crippen molar-refractivity contribution in [3.63, 3.8) is 0 Å². The Hall–Kier alpha value is -3.43. The summed E-state index contributed by atoms with van der Waals surface area (Å²) in [4.78, 5) is 43.2. The summed E-state index contributed by atoms with van der Waals surface area (Å²) in [6.07, 6.45) is 1.04. The Labute approximate surface area is 211 Å². The third kappa shape index (κ3) is 6.03. The zero-order chi connectivity index (χ0) is 25.5. The third-order valence-corrected chi connectivity index (χ3v) is 6.63. The maximum absolute atomic E-state index is 12.9. The molecule has 9 nitrogen and oxygen atoms in total. The van der Waals surface area contributed by atoms with E-state index in [2.05, 4.69) is 27.2 Å². The van der Waals surface area contributed by atoms with Gasteiger partial charge in [-0.25, -0.2) is 9.69 Å². The number of ether oxygens (including phenoxy) is 2. The van der Waals surface area contributed by atoms with E-state index in [0.717, 1.165) is 44.9 Å². The zero-order valence-electron chi connectivity index (χ0n) is 20.9. The monoisotopic (exact) mass is 494 g/mol. The lowest BCUT2D eigenvalue weighted by atomic mass is 10.2. The molecule has 36 heavy (non-hydrogen) atoms. The van der Waals surface area contributed by atoms with Crippen molar-refractivity contribution in [3.8, 4) is 5.75 Å². The van der Waals surface area contributed by atoms with Crippen LogP contribution in [-0.2, 0) is 14.3 Å². The highest BCUT2D eigenvalue weighted by atomic mass is 16.5. The summed E-state index contributed by atoms with van der Waals surface area (Å²) in [5.41, 5.74) is 2.07. The number of methoxy groups -OCH3 is 1. The van der Waals surface area contributed by atoms with Crippen LogP contribution in [0.2, 0.25) is 0 Å². The highest BCUT2D eigenvalue weighted by Crippen LogP contribution is 2.24. The Morgan fingerprint density at radius 1 is 0.972 bits per heavy atom. The number of piperazine rings is 1. The molecule has 0 bridgehead atoms. The molecule has 2 aromatic rings. The van der Waals surface area contributed by atoms with Crippen molar-refractivity contribution in [1.29, 1.82) is 0 Å². The van der Waals surface area contributed by atoms with Gasteiger partial charge in [-0.3, -0.25) is 14.5 Å². The van der Waals surface area contributed by atoms with Crippen LogP contribution >= 0.6 is 0 Å². The number of nitrogens with one attached hydrogen (secondary N) is 1. The smallest absolute Gasteiger partial charge is 0.338 e. The summed E-state index contributed by atoms with van der Waals surface area (Å²) in [5, 5.41) is 3.26. The van der Waals surface area contributed by atoms with Gasteiger partial charge < -0.3 is 19.7 Å². The largest absolute Gasteiger partial charge is 0.497 e. The van der Waals surface area contributed by atoms with E-state index in [1.807, 2.05) is 12.1 Å². The van der Waals surface area contributed by atoms with Gasteiger partial charge in [0.2, 0.25) is 5.91 Å². The van der Waals surface area contributed by atoms with E-state index in [4.69, 9.17) is 9.47 Å². The van der Waals surface area contributed by atoms with Gasteiger partial charge in [0.1, 0.15) is 5.75 Å². The van der Waals surface area contributed by atoms with Gasteiger partial charge in [0.25, 0.3) is 5.91 Å². The van der Waals surface area contributed by atoms with Gasteiger partial charge in [-0.15, -0.1) is 0 Å². The lowest BCUT2D eigenvalue weighted by Gasteiger charge is -2.36. The number of anilines is 2. The molecule has 1 unspecified atom stereocenters. The van der Waals surface area contributed by atoms with E-state index < -0.39 is 12.0 Å². The quantitative estimate of drug-likeness (QED) is 0.306. The van der Waals surface area contributed by atoms with Crippen molar-refractivity contribution in [2.45, 2.75) is 25.8 Å². The number of amides is 2. The number of carbonyl (C=O) groups is 3. The summed E-state index contributed by atoms with van der Waals surface area (Å²) in [5.74, 6) is -0.0554. The first kappa shape index (κ1) is 25.7. The molecule has 2 fully saturated rings. The fourth-order valence-corrected chi connectivity index (χ4v) is 4.63. The van der Waals surface area contributed by atoms with E-state index >= 15 is 0 Å². The van der Waals surface area contributed by atoms with Crippen LogP contribution in [0.25, 0.3) is 0 Å². The Balaban J connectivity index is 1.19. The Kier molecular flexibility index (Phi) is 8.56. The summed E-state index contributed by atoms with van der Waals surface area (Å²) in [6.45, 7) is 7.56. The number of benzene rings is 2. The molecule has 2 aliphatic heterocycles. The molecule has 0 aromatic heterocycles. The predicted octanol–water partition coefficient (Wildman–Crippen LogP) is 2.31. The SMILES string of the molecule is CCOC(=O)c1ccc(N2C(=O)CC(NCCCN3CCN(c4ccc(OC)cc4)CC3)C2=O)cc1. The number of imide groups is 1. The van der Waals surface area contributed by atoms with Crippen LogP contribution in [0.5, 0.6) is 5.75 Å². The molecule has 9 heteroatoms. The van der Waals surface area contributed by atoms with Gasteiger partial charge >= 0.3 is 5.97 Å². The van der Waals surface area contributed by atoms with Gasteiger partial charge in [0.05, 0.1) is 37.4 Å². The van der Waals surface area contributed by atoms with Crippen LogP contribution in [0.15, 0.2) is 48.5 Å². The van der Waals surface area contributed by atoms with E-state index in [0.29, 0.717) is 17.8 Å². The van der Waals surface area contributed by atoms with Crippen molar-refractivity contribution in [3.05, 3.63) is 54.1 Å². The van der Waals surface area contributed by atoms with Crippen LogP contribution < -0.4 is 19.9 Å². The first-order valence-electron chi connectivity index (χ1n) is 12.5. The average molecular weight is 495 g/mol. The molecule has 192 valence electrons. The minimum absolute atomic E-state index is 0.138. The standard InChI is InChI=1S/C27H34N4O5/c1-3-36-27(34)20-5-7-22(8-6-20)31-25(32)19-24(26(31)33)28-13-4-14-29-15-17-30(18-16-29)21-9-11-23(35-2)12-10-21/h5-12,24,28H,3-4,13-19H2,1-2H3. The Morgan fingerprint density at radius 2 is 1.64 bits per heavy atom. The molecule has 1 atom stereocenters. The molecular formula is C27H34N4O5. The molecule has 4 rings (SSSR count). The second-order valence-electron chi connectivity index (χ2n) is 8.93. The van der Waals surface area contributed by atoms with Gasteiger partial charge in [-0.1, -0.05) is 0 Å². The lowest BCUT2D eigenvalue weighted by Crippen LogP contribution is -2.47. The minimum atomic E-state index is -0.519. The topological polar surface area (TPSA) is 91.4 Å². The maximum Gasteiger partial charge on any atom is 0.338 e. The molecule has 1 N–H and O–H groups in total. The first-order chi connectivity index (χ1) is 17.5. The van der Waals surface area contributed by atoms with Crippen LogP contribution in [0, 0.1) is 0 Å². The van der Waals surface area contributed by atoms with Gasteiger partial charge in [-0.2, -0.15) is 0 Å². The van der Waals surface area contributed by atoms with E-state index in [-0.39, 0.29) is 24.8 Å². The third-order valence-electron chi connectivity index (χ3n) is 6.63. The summed E-state index contributed by atoms with van der Waals surface area (Å²) >= 11 is 0. The summed E-state index contributed by atoms with van der Waals surface area (Å²) in [7, 11) is 1.67. The molecule has 0 spiro atoms. The van der Waals surface area contributed by atoms with Crippen molar-refractivity contribution in [1.82, 2.24) is 10.2 Å². The highest BCUT2D eigenvalue weighted by molar-refractivity contribution is 6.22. The molecule has 2 saturated heterocycles. The highest BCUT2D eigenvalue weighted by Gasteiger charge is 2.39. The number of carbonyl (C=O) groups excluding carboxylic acids is 3. The molecular weight excluding hydrogens is 460 g/mol. The fraction of sp³-hybridized carbons (Fsp3) is 0.444. The van der Waals surface area contributed by atoms with E-state index in [1.165, 1.54) is 10.6 Å². The van der Waals surface area contributed by atoms with Gasteiger partial charge in [0, 0.05) is 31.9 Å². The van der Waals surface area contributed by atoms with E-state index in [1.54, 1.807) is 38.3 Å². The lowest BCUT2D eigenvalue weighted by molar-refractivity contribution is -0.121. The molecule has 0 radical (unpaired) electrons. The maximum atomic E-state index is 12.9.